The Hall–Kier alpha value is -3.59. The first kappa shape index (κ1) is 26.0. The molecule has 1 atom stereocenters. The normalized spacial score (nSPS) is 13.8. The van der Waals surface area contributed by atoms with E-state index >= 15 is 0 Å². The molecule has 0 spiro atoms. The molecule has 6 nitrogen and oxygen atoms in total. The van der Waals surface area contributed by atoms with Crippen molar-refractivity contribution in [3.8, 4) is 22.4 Å². The summed E-state index contributed by atoms with van der Waals surface area (Å²) in [5.74, 6) is -0.140. The van der Waals surface area contributed by atoms with Gasteiger partial charge in [0.05, 0.1) is 18.8 Å². The zero-order valence-electron chi connectivity index (χ0n) is 21.2. The van der Waals surface area contributed by atoms with Crippen molar-refractivity contribution in [1.82, 2.24) is 19.6 Å². The summed E-state index contributed by atoms with van der Waals surface area (Å²) in [5.41, 5.74) is 6.10. The van der Waals surface area contributed by atoms with Crippen LogP contribution in [0.2, 0.25) is 0 Å². The van der Waals surface area contributed by atoms with E-state index < -0.39 is 11.4 Å². The second kappa shape index (κ2) is 11.9. The fourth-order valence-corrected chi connectivity index (χ4v) is 5.90. The van der Waals surface area contributed by atoms with Gasteiger partial charge in [0.25, 0.3) is 5.91 Å². The number of aromatic nitrogens is 2. The molecule has 8 heteroatoms. The van der Waals surface area contributed by atoms with E-state index in [0.29, 0.717) is 30.1 Å². The summed E-state index contributed by atoms with van der Waals surface area (Å²) in [5, 5.41) is 2.80. The minimum Gasteiger partial charge on any atom is -0.598 e. The molecular weight excluding hydrogens is 499 g/mol. The van der Waals surface area contributed by atoms with E-state index in [9.17, 15) is 13.7 Å². The van der Waals surface area contributed by atoms with Crippen LogP contribution in [-0.4, -0.2) is 30.5 Å². The summed E-state index contributed by atoms with van der Waals surface area (Å²) in [7, 11) is 0. The molecule has 1 N–H and O–H groups in total. The van der Waals surface area contributed by atoms with Gasteiger partial charge in [0.2, 0.25) is 0 Å². The monoisotopic (exact) mass is 528 g/mol. The van der Waals surface area contributed by atoms with Crippen LogP contribution in [0.4, 0.5) is 4.39 Å². The van der Waals surface area contributed by atoms with Crippen LogP contribution < -0.4 is 5.32 Å². The molecule has 0 radical (unpaired) electrons. The second-order valence-corrected chi connectivity index (χ2v) is 10.8. The number of carbonyl (C=O) groups is 1. The highest BCUT2D eigenvalue weighted by Gasteiger charge is 2.32. The van der Waals surface area contributed by atoms with Gasteiger partial charge in [0.15, 0.2) is 0 Å². The molecule has 1 aliphatic rings. The zero-order chi connectivity index (χ0) is 26.5. The highest BCUT2D eigenvalue weighted by atomic mass is 32.2. The lowest BCUT2D eigenvalue weighted by molar-refractivity contribution is 0.0945. The number of unbranched alkanes of at least 4 members (excludes halogenated alkanes) is 1. The van der Waals surface area contributed by atoms with E-state index in [1.807, 2.05) is 46.9 Å². The summed E-state index contributed by atoms with van der Waals surface area (Å²) in [6, 6.07) is 20.0. The van der Waals surface area contributed by atoms with E-state index in [2.05, 4.69) is 17.2 Å². The van der Waals surface area contributed by atoms with Gasteiger partial charge in [-0.2, -0.15) is 0 Å². The van der Waals surface area contributed by atoms with Gasteiger partial charge in [-0.15, -0.1) is 4.31 Å². The SMILES string of the molecule is CCCC[S@@+]([O-])N1Cc2cc(C(=O)NCc3ccccc3F)nc(-c3cccc(-c4cccnc4)c3)c2C1. The van der Waals surface area contributed by atoms with Crippen LogP contribution >= 0.6 is 0 Å². The quantitative estimate of drug-likeness (QED) is 0.284. The number of fused-ring (bicyclic) bond motifs is 1. The number of carbonyl (C=O) groups excluding carboxylic acids is 1. The van der Waals surface area contributed by atoms with Gasteiger partial charge in [0.1, 0.15) is 17.3 Å². The van der Waals surface area contributed by atoms with Gasteiger partial charge in [0, 0.05) is 52.6 Å². The largest absolute Gasteiger partial charge is 0.598 e. The van der Waals surface area contributed by atoms with Crippen molar-refractivity contribution in [3.63, 3.8) is 0 Å². The Labute approximate surface area is 225 Å². The molecule has 4 aromatic rings. The topological polar surface area (TPSA) is 81.2 Å². The van der Waals surface area contributed by atoms with Crippen LogP contribution in [0, 0.1) is 5.82 Å². The molecule has 0 fully saturated rings. The first-order chi connectivity index (χ1) is 18.5. The number of pyridine rings is 2. The van der Waals surface area contributed by atoms with Crippen molar-refractivity contribution in [2.75, 3.05) is 5.75 Å². The summed E-state index contributed by atoms with van der Waals surface area (Å²) in [6.07, 6.45) is 5.41. The predicted octanol–water partition coefficient (Wildman–Crippen LogP) is 5.66. The minimum atomic E-state index is -1.11. The van der Waals surface area contributed by atoms with Crippen LogP contribution in [-0.2, 0) is 31.0 Å². The van der Waals surface area contributed by atoms with Crippen molar-refractivity contribution in [2.45, 2.75) is 39.4 Å². The van der Waals surface area contributed by atoms with Crippen LogP contribution in [0.25, 0.3) is 22.4 Å². The zero-order valence-corrected chi connectivity index (χ0v) is 22.0. The molecule has 3 heterocycles. The van der Waals surface area contributed by atoms with Gasteiger partial charge >= 0.3 is 0 Å². The average Bonchev–Trinajstić information content (AvgIpc) is 3.40. The summed E-state index contributed by atoms with van der Waals surface area (Å²) < 4.78 is 29.0. The number of rotatable bonds is 9. The number of nitrogens with zero attached hydrogens (tertiary/aromatic N) is 3. The number of hydrogen-bond acceptors (Lipinski definition) is 5. The van der Waals surface area contributed by atoms with Crippen LogP contribution in [0.15, 0.2) is 79.1 Å². The smallest absolute Gasteiger partial charge is 0.270 e. The van der Waals surface area contributed by atoms with E-state index in [-0.39, 0.29) is 24.0 Å². The molecule has 5 rings (SSSR count). The van der Waals surface area contributed by atoms with E-state index in [1.165, 1.54) is 6.07 Å². The number of halogens is 1. The van der Waals surface area contributed by atoms with Crippen molar-refractivity contribution in [2.24, 2.45) is 0 Å². The van der Waals surface area contributed by atoms with E-state index in [4.69, 9.17) is 4.98 Å². The molecular formula is C30H29FN4O2S. The molecule has 0 bridgehead atoms. The lowest BCUT2D eigenvalue weighted by atomic mass is 9.98. The van der Waals surface area contributed by atoms with Gasteiger partial charge in [-0.25, -0.2) is 9.37 Å². The molecule has 1 aliphatic heterocycles. The van der Waals surface area contributed by atoms with Crippen LogP contribution in [0.5, 0.6) is 0 Å². The van der Waals surface area contributed by atoms with E-state index in [0.717, 1.165) is 40.7 Å². The molecule has 2 aromatic heterocycles. The molecule has 1 amide bonds. The third-order valence-corrected chi connectivity index (χ3v) is 8.09. The summed E-state index contributed by atoms with van der Waals surface area (Å²) >= 11 is -1.11. The van der Waals surface area contributed by atoms with Gasteiger partial charge in [-0.05, 0) is 41.8 Å². The predicted molar refractivity (Wildman–Crippen MR) is 148 cm³/mol. The Morgan fingerprint density at radius 3 is 2.66 bits per heavy atom. The van der Waals surface area contributed by atoms with Crippen molar-refractivity contribution in [3.05, 3.63) is 107 Å². The number of benzene rings is 2. The first-order valence-electron chi connectivity index (χ1n) is 12.7. The Kier molecular flexibility index (Phi) is 8.12. The van der Waals surface area contributed by atoms with Gasteiger partial charge in [-0.1, -0.05) is 55.8 Å². The van der Waals surface area contributed by atoms with Crippen molar-refractivity contribution >= 4 is 17.3 Å². The number of hydrogen-bond donors (Lipinski definition) is 1. The van der Waals surface area contributed by atoms with Crippen LogP contribution in [0.3, 0.4) is 0 Å². The van der Waals surface area contributed by atoms with E-state index in [1.54, 1.807) is 30.5 Å². The standard InChI is InChI=1S/C30H29FN4O2S/c1-2-3-14-38(37)35-19-25-16-28(30(36)33-18-24-8-4-5-12-27(24)31)34-29(26(25)20-35)22-10-6-9-21(15-22)23-11-7-13-32-17-23/h4-13,15-17H,2-3,14,18-20H2,1H3,(H,33,36)/t38-/m1/s1. The van der Waals surface area contributed by atoms with Crippen molar-refractivity contribution in [1.29, 1.82) is 0 Å². The third-order valence-electron chi connectivity index (χ3n) is 6.62. The second-order valence-electron chi connectivity index (χ2n) is 9.27. The van der Waals surface area contributed by atoms with Crippen LogP contribution in [0.1, 0.15) is 46.9 Å². The van der Waals surface area contributed by atoms with Crippen molar-refractivity contribution < 1.29 is 13.7 Å². The molecule has 38 heavy (non-hydrogen) atoms. The summed E-state index contributed by atoms with van der Waals surface area (Å²) in [6.45, 7) is 3.13. The fraction of sp³-hybridized carbons (Fsp3) is 0.233. The Balaban J connectivity index is 1.49. The molecule has 0 saturated carbocycles. The molecule has 0 saturated heterocycles. The molecule has 0 unspecified atom stereocenters. The Morgan fingerprint density at radius 1 is 1.05 bits per heavy atom. The first-order valence-corrected chi connectivity index (χ1v) is 14.0. The number of amides is 1. The fourth-order valence-electron chi connectivity index (χ4n) is 4.55. The summed E-state index contributed by atoms with van der Waals surface area (Å²) in [4.78, 5) is 22.2. The van der Waals surface area contributed by atoms with Gasteiger partial charge < -0.3 is 9.87 Å². The maximum Gasteiger partial charge on any atom is 0.270 e. The molecule has 194 valence electrons. The molecule has 2 aromatic carbocycles. The average molecular weight is 529 g/mol. The minimum absolute atomic E-state index is 0.0588. The Bertz CT molecular complexity index is 1430. The highest BCUT2D eigenvalue weighted by Crippen LogP contribution is 2.35. The maximum atomic E-state index is 14.1. The number of nitrogens with one attached hydrogen (secondary N) is 1. The highest BCUT2D eigenvalue weighted by molar-refractivity contribution is 7.89. The Morgan fingerprint density at radius 2 is 1.87 bits per heavy atom. The van der Waals surface area contributed by atoms with Gasteiger partial charge in [-0.3, -0.25) is 9.78 Å². The lowest BCUT2D eigenvalue weighted by Crippen LogP contribution is -2.28. The maximum absolute atomic E-state index is 14.1. The third kappa shape index (κ3) is 5.78. The lowest BCUT2D eigenvalue weighted by Gasteiger charge is -2.19. The molecule has 0 aliphatic carbocycles.